The number of ether oxygens (including phenoxy) is 3. The molecule has 0 spiro atoms. The minimum Gasteiger partial charge on any atom is -0.493 e. The zero-order valence-corrected chi connectivity index (χ0v) is 19.3. The van der Waals surface area contributed by atoms with Crippen molar-refractivity contribution in [1.82, 2.24) is 10.2 Å². The lowest BCUT2D eigenvalue weighted by Crippen LogP contribution is -2.42. The maximum atomic E-state index is 12.9. The molecule has 1 heterocycles. The number of nitrogens with zero attached hydrogens (tertiary/aromatic N) is 1. The molecule has 1 N–H and O–H groups in total. The summed E-state index contributed by atoms with van der Waals surface area (Å²) in [6.07, 6.45) is 1.69. The SMILES string of the molecule is COc1ccc(C(=O)N2CCC(CNC(=O)COc3ccc(C)cc3C)CC2)cc1OC. The van der Waals surface area contributed by atoms with Gasteiger partial charge in [0.15, 0.2) is 18.1 Å². The van der Waals surface area contributed by atoms with Crippen LogP contribution < -0.4 is 19.5 Å². The summed E-state index contributed by atoms with van der Waals surface area (Å²) in [5.41, 5.74) is 2.76. The molecule has 1 saturated heterocycles. The number of hydrogen-bond donors (Lipinski definition) is 1. The van der Waals surface area contributed by atoms with E-state index in [2.05, 4.69) is 5.32 Å². The number of carbonyl (C=O) groups excluding carboxylic acids is 2. The smallest absolute Gasteiger partial charge is 0.257 e. The van der Waals surface area contributed by atoms with Gasteiger partial charge in [0, 0.05) is 25.2 Å². The number of nitrogens with one attached hydrogen (secondary N) is 1. The fraction of sp³-hybridized carbons (Fsp3) is 0.440. The third-order valence-corrected chi connectivity index (χ3v) is 5.81. The van der Waals surface area contributed by atoms with E-state index in [0.717, 1.165) is 29.7 Å². The quantitative estimate of drug-likeness (QED) is 0.681. The van der Waals surface area contributed by atoms with Gasteiger partial charge in [-0.1, -0.05) is 17.7 Å². The van der Waals surface area contributed by atoms with E-state index in [-0.39, 0.29) is 18.4 Å². The number of rotatable bonds is 8. The highest BCUT2D eigenvalue weighted by atomic mass is 16.5. The van der Waals surface area contributed by atoms with Gasteiger partial charge in [0.05, 0.1) is 14.2 Å². The Morgan fingerprint density at radius 1 is 0.969 bits per heavy atom. The number of benzene rings is 2. The average molecular weight is 441 g/mol. The van der Waals surface area contributed by atoms with Crippen LogP contribution in [0.2, 0.25) is 0 Å². The Balaban J connectivity index is 1.42. The van der Waals surface area contributed by atoms with Gasteiger partial charge >= 0.3 is 0 Å². The Bertz CT molecular complexity index is 951. The van der Waals surface area contributed by atoms with Crippen molar-refractivity contribution in [3.05, 3.63) is 53.1 Å². The molecule has 172 valence electrons. The molecule has 0 bridgehead atoms. The summed E-state index contributed by atoms with van der Waals surface area (Å²) in [5, 5.41) is 2.96. The van der Waals surface area contributed by atoms with Crippen molar-refractivity contribution in [2.45, 2.75) is 26.7 Å². The highest BCUT2D eigenvalue weighted by Crippen LogP contribution is 2.29. The third-order valence-electron chi connectivity index (χ3n) is 5.81. The van der Waals surface area contributed by atoms with Gasteiger partial charge in [-0.05, 0) is 62.4 Å². The molecular weight excluding hydrogens is 408 g/mol. The molecule has 7 heteroatoms. The van der Waals surface area contributed by atoms with Crippen LogP contribution in [0.4, 0.5) is 0 Å². The Morgan fingerprint density at radius 3 is 2.31 bits per heavy atom. The Kier molecular flexibility index (Phi) is 7.98. The monoisotopic (exact) mass is 440 g/mol. The van der Waals surface area contributed by atoms with E-state index < -0.39 is 0 Å². The molecule has 0 atom stereocenters. The van der Waals surface area contributed by atoms with E-state index in [1.807, 2.05) is 36.9 Å². The summed E-state index contributed by atoms with van der Waals surface area (Å²) < 4.78 is 16.2. The highest BCUT2D eigenvalue weighted by Gasteiger charge is 2.24. The number of amides is 2. The van der Waals surface area contributed by atoms with Crippen molar-refractivity contribution in [2.24, 2.45) is 5.92 Å². The Labute approximate surface area is 189 Å². The number of carbonyl (C=O) groups is 2. The van der Waals surface area contributed by atoms with E-state index in [1.165, 1.54) is 0 Å². The van der Waals surface area contributed by atoms with E-state index >= 15 is 0 Å². The summed E-state index contributed by atoms with van der Waals surface area (Å²) in [6, 6.07) is 11.1. The minimum atomic E-state index is -0.131. The van der Waals surface area contributed by atoms with E-state index in [9.17, 15) is 9.59 Å². The van der Waals surface area contributed by atoms with E-state index in [4.69, 9.17) is 14.2 Å². The van der Waals surface area contributed by atoms with Gasteiger partial charge in [-0.3, -0.25) is 9.59 Å². The summed E-state index contributed by atoms with van der Waals surface area (Å²) in [6.45, 7) is 5.90. The van der Waals surface area contributed by atoms with Crippen LogP contribution >= 0.6 is 0 Å². The topological polar surface area (TPSA) is 77.1 Å². The maximum absolute atomic E-state index is 12.9. The molecule has 1 aliphatic heterocycles. The number of piperidine rings is 1. The number of aryl methyl sites for hydroxylation is 2. The third kappa shape index (κ3) is 5.93. The lowest BCUT2D eigenvalue weighted by molar-refractivity contribution is -0.123. The first kappa shape index (κ1) is 23.4. The molecule has 2 aromatic rings. The van der Waals surface area contributed by atoms with Crippen molar-refractivity contribution in [3.8, 4) is 17.2 Å². The predicted molar refractivity (Wildman–Crippen MR) is 123 cm³/mol. The molecular formula is C25H32N2O5. The van der Waals surface area contributed by atoms with Gasteiger partial charge in [0.1, 0.15) is 5.75 Å². The fourth-order valence-electron chi connectivity index (χ4n) is 3.91. The molecule has 0 saturated carbocycles. The molecule has 3 rings (SSSR count). The molecule has 0 aliphatic carbocycles. The molecule has 7 nitrogen and oxygen atoms in total. The summed E-state index contributed by atoms with van der Waals surface area (Å²) in [4.78, 5) is 26.9. The minimum absolute atomic E-state index is 0.000530. The average Bonchev–Trinajstić information content (AvgIpc) is 2.81. The van der Waals surface area contributed by atoms with Crippen molar-refractivity contribution in [3.63, 3.8) is 0 Å². The lowest BCUT2D eigenvalue weighted by atomic mass is 9.96. The van der Waals surface area contributed by atoms with Crippen LogP contribution in [0.5, 0.6) is 17.2 Å². The second-order valence-corrected chi connectivity index (χ2v) is 8.17. The zero-order chi connectivity index (χ0) is 23.1. The molecule has 1 aliphatic rings. The lowest BCUT2D eigenvalue weighted by Gasteiger charge is -2.32. The normalized spacial score (nSPS) is 14.1. The molecule has 0 unspecified atom stereocenters. The van der Waals surface area contributed by atoms with Crippen molar-refractivity contribution < 1.29 is 23.8 Å². The first-order valence-electron chi connectivity index (χ1n) is 10.9. The molecule has 0 aromatic heterocycles. The summed E-state index contributed by atoms with van der Waals surface area (Å²) in [7, 11) is 3.12. The van der Waals surface area contributed by atoms with Crippen molar-refractivity contribution in [2.75, 3.05) is 40.5 Å². The van der Waals surface area contributed by atoms with Gasteiger partial charge in [0.25, 0.3) is 11.8 Å². The molecule has 2 aromatic carbocycles. The highest BCUT2D eigenvalue weighted by molar-refractivity contribution is 5.95. The largest absolute Gasteiger partial charge is 0.493 e. The van der Waals surface area contributed by atoms with Crippen LogP contribution in [0, 0.1) is 19.8 Å². The van der Waals surface area contributed by atoms with Crippen molar-refractivity contribution >= 4 is 11.8 Å². The fourth-order valence-corrected chi connectivity index (χ4v) is 3.91. The van der Waals surface area contributed by atoms with Crippen LogP contribution in [-0.4, -0.2) is 57.2 Å². The van der Waals surface area contributed by atoms with Crippen LogP contribution in [-0.2, 0) is 4.79 Å². The van der Waals surface area contributed by atoms with Crippen LogP contribution in [0.15, 0.2) is 36.4 Å². The Hall–Kier alpha value is -3.22. The molecule has 0 radical (unpaired) electrons. The first-order valence-corrected chi connectivity index (χ1v) is 10.9. The summed E-state index contributed by atoms with van der Waals surface area (Å²) >= 11 is 0. The van der Waals surface area contributed by atoms with Gasteiger partial charge in [0.2, 0.25) is 0 Å². The second kappa shape index (κ2) is 10.9. The van der Waals surface area contributed by atoms with Gasteiger partial charge < -0.3 is 24.4 Å². The number of methoxy groups -OCH3 is 2. The van der Waals surface area contributed by atoms with Crippen LogP contribution in [0.3, 0.4) is 0 Å². The second-order valence-electron chi connectivity index (χ2n) is 8.17. The zero-order valence-electron chi connectivity index (χ0n) is 19.3. The van der Waals surface area contributed by atoms with E-state index in [0.29, 0.717) is 42.6 Å². The predicted octanol–water partition coefficient (Wildman–Crippen LogP) is 3.37. The van der Waals surface area contributed by atoms with Gasteiger partial charge in [-0.15, -0.1) is 0 Å². The number of likely N-dealkylation sites (tertiary alicyclic amines) is 1. The van der Waals surface area contributed by atoms with Crippen LogP contribution in [0.1, 0.15) is 34.3 Å². The molecule has 1 fully saturated rings. The Morgan fingerprint density at radius 2 is 1.66 bits per heavy atom. The number of hydrogen-bond acceptors (Lipinski definition) is 5. The maximum Gasteiger partial charge on any atom is 0.257 e. The van der Waals surface area contributed by atoms with Crippen LogP contribution in [0.25, 0.3) is 0 Å². The van der Waals surface area contributed by atoms with E-state index in [1.54, 1.807) is 32.4 Å². The van der Waals surface area contributed by atoms with Crippen molar-refractivity contribution in [1.29, 1.82) is 0 Å². The van der Waals surface area contributed by atoms with Gasteiger partial charge in [-0.25, -0.2) is 0 Å². The van der Waals surface area contributed by atoms with Gasteiger partial charge in [-0.2, -0.15) is 0 Å². The molecule has 32 heavy (non-hydrogen) atoms. The molecule has 2 amide bonds. The first-order chi connectivity index (χ1) is 15.4. The summed E-state index contributed by atoms with van der Waals surface area (Å²) in [5.74, 6) is 2.06. The standard InChI is InChI=1S/C25H32N2O5/c1-17-5-7-21(18(2)13-17)32-16-24(28)26-15-19-9-11-27(12-10-19)25(29)20-6-8-22(30-3)23(14-20)31-4/h5-8,13-14,19H,9-12,15-16H2,1-4H3,(H,26,28).